The van der Waals surface area contributed by atoms with Crippen LogP contribution in [0.4, 0.5) is 19.3 Å². The molecule has 1 heterocycles. The largest absolute Gasteiger partial charge is 0.493 e. The third kappa shape index (κ3) is 4.74. The summed E-state index contributed by atoms with van der Waals surface area (Å²) in [5.41, 5.74) is 1.78. The zero-order chi connectivity index (χ0) is 21.0. The number of alkyl halides is 2. The van der Waals surface area contributed by atoms with E-state index in [-0.39, 0.29) is 30.0 Å². The highest BCUT2D eigenvalue weighted by Crippen LogP contribution is 2.30. The highest BCUT2D eigenvalue weighted by Gasteiger charge is 2.22. The maximum Gasteiger partial charge on any atom is 0.387 e. The molecule has 2 aromatic rings. The molecule has 1 aliphatic heterocycles. The number of nitrogens with one attached hydrogen (secondary N) is 1. The third-order valence-electron chi connectivity index (χ3n) is 4.47. The van der Waals surface area contributed by atoms with Crippen molar-refractivity contribution >= 4 is 17.6 Å². The van der Waals surface area contributed by atoms with E-state index in [2.05, 4.69) is 10.1 Å². The predicted molar refractivity (Wildman–Crippen MR) is 103 cm³/mol. The van der Waals surface area contributed by atoms with Gasteiger partial charge in [0.2, 0.25) is 0 Å². The van der Waals surface area contributed by atoms with Gasteiger partial charge < -0.3 is 19.7 Å². The maximum atomic E-state index is 12.8. The first-order chi connectivity index (χ1) is 13.9. The van der Waals surface area contributed by atoms with Gasteiger partial charge in [-0.05, 0) is 35.9 Å². The van der Waals surface area contributed by atoms with Crippen LogP contribution >= 0.6 is 0 Å². The van der Waals surface area contributed by atoms with Crippen molar-refractivity contribution in [2.45, 2.75) is 13.2 Å². The summed E-state index contributed by atoms with van der Waals surface area (Å²) >= 11 is 0. The van der Waals surface area contributed by atoms with Crippen LogP contribution in [0, 0.1) is 0 Å². The lowest BCUT2D eigenvalue weighted by atomic mass is 10.1. The van der Waals surface area contributed by atoms with Gasteiger partial charge in [-0.15, -0.1) is 0 Å². The lowest BCUT2D eigenvalue weighted by Gasteiger charge is -2.20. The van der Waals surface area contributed by atoms with Crippen LogP contribution < -0.4 is 19.7 Å². The summed E-state index contributed by atoms with van der Waals surface area (Å²) in [6.07, 6.45) is 0. The molecule has 1 fully saturated rings. The molecule has 0 unspecified atom stereocenters. The number of methoxy groups -OCH3 is 1. The van der Waals surface area contributed by atoms with Crippen molar-refractivity contribution in [1.82, 2.24) is 10.2 Å². The van der Waals surface area contributed by atoms with Crippen molar-refractivity contribution in [2.75, 3.05) is 32.1 Å². The molecule has 29 heavy (non-hydrogen) atoms. The van der Waals surface area contributed by atoms with Crippen molar-refractivity contribution in [1.29, 1.82) is 0 Å². The second-order valence-corrected chi connectivity index (χ2v) is 6.46. The lowest BCUT2D eigenvalue weighted by molar-refractivity contribution is -0.0512. The number of carbonyl (C=O) groups is 2. The average molecular weight is 405 g/mol. The van der Waals surface area contributed by atoms with Gasteiger partial charge in [0, 0.05) is 37.9 Å². The van der Waals surface area contributed by atoms with Crippen molar-refractivity contribution in [3.8, 4) is 11.5 Å². The van der Waals surface area contributed by atoms with Crippen LogP contribution in [0.2, 0.25) is 0 Å². The number of carbonyl (C=O) groups excluding carboxylic acids is 2. The van der Waals surface area contributed by atoms with Crippen LogP contribution in [-0.4, -0.2) is 50.7 Å². The van der Waals surface area contributed by atoms with Crippen LogP contribution in [0.3, 0.4) is 0 Å². The van der Waals surface area contributed by atoms with E-state index in [1.54, 1.807) is 48.3 Å². The first-order valence-corrected chi connectivity index (χ1v) is 8.91. The zero-order valence-electron chi connectivity index (χ0n) is 16.0. The number of hydrogen-bond donors (Lipinski definition) is 1. The Morgan fingerprint density at radius 1 is 1.24 bits per heavy atom. The summed E-state index contributed by atoms with van der Waals surface area (Å²) in [6.45, 7) is -1.62. The van der Waals surface area contributed by atoms with E-state index in [9.17, 15) is 18.4 Å². The van der Waals surface area contributed by atoms with Crippen LogP contribution in [-0.2, 0) is 6.54 Å². The van der Waals surface area contributed by atoms with Gasteiger partial charge in [0.15, 0.2) is 11.5 Å². The molecule has 9 heteroatoms. The molecule has 0 aliphatic carbocycles. The average Bonchev–Trinajstić information content (AvgIpc) is 3.14. The number of benzene rings is 2. The quantitative estimate of drug-likeness (QED) is 0.769. The van der Waals surface area contributed by atoms with Crippen LogP contribution in [0.25, 0.3) is 0 Å². The Morgan fingerprint density at radius 3 is 2.69 bits per heavy atom. The van der Waals surface area contributed by atoms with Gasteiger partial charge in [-0.2, -0.15) is 8.78 Å². The molecule has 0 saturated carbocycles. The summed E-state index contributed by atoms with van der Waals surface area (Å²) < 4.78 is 34.4. The molecule has 1 N–H and O–H groups in total. The molecule has 0 aromatic heterocycles. The first kappa shape index (κ1) is 20.4. The molecule has 7 nitrogen and oxygen atoms in total. The minimum atomic E-state index is -2.95. The van der Waals surface area contributed by atoms with E-state index in [1.807, 2.05) is 0 Å². The van der Waals surface area contributed by atoms with E-state index < -0.39 is 6.61 Å². The van der Waals surface area contributed by atoms with E-state index >= 15 is 0 Å². The van der Waals surface area contributed by atoms with E-state index in [0.29, 0.717) is 29.9 Å². The fourth-order valence-corrected chi connectivity index (χ4v) is 3.09. The van der Waals surface area contributed by atoms with Crippen LogP contribution in [0.1, 0.15) is 15.9 Å². The Kier molecular flexibility index (Phi) is 6.16. The van der Waals surface area contributed by atoms with Gasteiger partial charge in [-0.3, -0.25) is 9.69 Å². The summed E-state index contributed by atoms with van der Waals surface area (Å²) in [6, 6.07) is 11.2. The summed E-state index contributed by atoms with van der Waals surface area (Å²) in [5, 5.41) is 2.72. The second kappa shape index (κ2) is 8.76. The lowest BCUT2D eigenvalue weighted by Crippen LogP contribution is -2.29. The third-order valence-corrected chi connectivity index (χ3v) is 4.47. The predicted octanol–water partition coefficient (Wildman–Crippen LogP) is 3.10. The number of halogens is 2. The number of rotatable bonds is 7. The Labute approximate surface area is 166 Å². The number of amides is 3. The Bertz CT molecular complexity index is 907. The number of ether oxygens (including phenoxy) is 2. The smallest absolute Gasteiger partial charge is 0.387 e. The second-order valence-electron chi connectivity index (χ2n) is 6.46. The molecular weight excluding hydrogens is 384 g/mol. The van der Waals surface area contributed by atoms with Gasteiger partial charge in [0.1, 0.15) is 0 Å². The van der Waals surface area contributed by atoms with Gasteiger partial charge in [-0.25, -0.2) is 4.79 Å². The van der Waals surface area contributed by atoms with Crippen molar-refractivity contribution in [3.05, 3.63) is 53.6 Å². The number of hydrogen-bond acceptors (Lipinski definition) is 4. The number of nitrogens with zero attached hydrogens (tertiary/aromatic N) is 2. The molecule has 0 radical (unpaired) electrons. The first-order valence-electron chi connectivity index (χ1n) is 8.91. The molecule has 0 spiro atoms. The standard InChI is InChI=1S/C20H21F2N3O4/c1-24(12-13-6-7-16(29-19(21)22)17(10-13)28-2)18(26)14-4-3-5-15(11-14)25-9-8-23-20(25)27/h3-7,10-11,19H,8-9,12H2,1-2H3,(H,23,27). The highest BCUT2D eigenvalue weighted by molar-refractivity contribution is 5.98. The molecule has 154 valence electrons. The topological polar surface area (TPSA) is 71.1 Å². The Hall–Kier alpha value is -3.36. The minimum Gasteiger partial charge on any atom is -0.493 e. The van der Waals surface area contributed by atoms with E-state index in [0.717, 1.165) is 0 Å². The van der Waals surface area contributed by atoms with E-state index in [4.69, 9.17) is 4.74 Å². The monoisotopic (exact) mass is 405 g/mol. The van der Waals surface area contributed by atoms with E-state index in [1.165, 1.54) is 18.1 Å². The molecule has 2 aromatic carbocycles. The summed E-state index contributed by atoms with van der Waals surface area (Å²) in [4.78, 5) is 27.7. The van der Waals surface area contributed by atoms with Crippen molar-refractivity contribution in [3.63, 3.8) is 0 Å². The van der Waals surface area contributed by atoms with Gasteiger partial charge in [0.05, 0.1) is 7.11 Å². The van der Waals surface area contributed by atoms with Gasteiger partial charge in [-0.1, -0.05) is 12.1 Å². The molecule has 0 bridgehead atoms. The number of anilines is 1. The summed E-state index contributed by atoms with van der Waals surface area (Å²) in [5.74, 6) is -0.152. The Balaban J connectivity index is 1.73. The van der Waals surface area contributed by atoms with Crippen molar-refractivity contribution < 1.29 is 27.8 Å². The number of urea groups is 1. The molecule has 1 saturated heterocycles. The summed E-state index contributed by atoms with van der Waals surface area (Å²) in [7, 11) is 2.99. The Morgan fingerprint density at radius 2 is 2.03 bits per heavy atom. The fraction of sp³-hybridized carbons (Fsp3) is 0.300. The highest BCUT2D eigenvalue weighted by atomic mass is 19.3. The van der Waals surface area contributed by atoms with Crippen LogP contribution in [0.15, 0.2) is 42.5 Å². The zero-order valence-corrected chi connectivity index (χ0v) is 16.0. The SMILES string of the molecule is COc1cc(CN(C)C(=O)c2cccc(N3CCNC3=O)c2)ccc1OC(F)F. The molecule has 1 aliphatic rings. The van der Waals surface area contributed by atoms with Gasteiger partial charge in [0.25, 0.3) is 5.91 Å². The fourth-order valence-electron chi connectivity index (χ4n) is 3.09. The van der Waals surface area contributed by atoms with Gasteiger partial charge >= 0.3 is 12.6 Å². The van der Waals surface area contributed by atoms with Crippen LogP contribution in [0.5, 0.6) is 11.5 Å². The van der Waals surface area contributed by atoms with Crippen molar-refractivity contribution in [2.24, 2.45) is 0 Å². The molecule has 3 rings (SSSR count). The molecule has 0 atom stereocenters. The molecule has 3 amide bonds. The molecular formula is C20H21F2N3O4. The maximum absolute atomic E-state index is 12.8. The normalized spacial score (nSPS) is 13.4. The minimum absolute atomic E-state index is 0.0724.